The van der Waals surface area contributed by atoms with Gasteiger partial charge in [-0.2, -0.15) is 0 Å². The zero-order chi connectivity index (χ0) is 10.7. The van der Waals surface area contributed by atoms with E-state index in [9.17, 15) is 0 Å². The molecule has 1 saturated heterocycles. The third kappa shape index (κ3) is 2.26. The predicted octanol–water partition coefficient (Wildman–Crippen LogP) is 0.973. The number of aromatic nitrogens is 2. The van der Waals surface area contributed by atoms with Crippen molar-refractivity contribution >= 4 is 5.95 Å². The van der Waals surface area contributed by atoms with E-state index in [0.717, 1.165) is 37.6 Å². The fourth-order valence-corrected chi connectivity index (χ4v) is 1.92. The molecule has 0 radical (unpaired) electrons. The van der Waals surface area contributed by atoms with Gasteiger partial charge in [0, 0.05) is 38.1 Å². The summed E-state index contributed by atoms with van der Waals surface area (Å²) in [6.07, 6.45) is 4.90. The molecular weight excluding hydrogens is 188 g/mol. The van der Waals surface area contributed by atoms with E-state index >= 15 is 0 Å². The maximum absolute atomic E-state index is 4.39. The van der Waals surface area contributed by atoms with Crippen LogP contribution in [0, 0.1) is 6.92 Å². The van der Waals surface area contributed by atoms with Crippen LogP contribution in [0.15, 0.2) is 12.4 Å². The number of hydrogen-bond donors (Lipinski definition) is 1. The number of anilines is 1. The van der Waals surface area contributed by atoms with Gasteiger partial charge in [-0.05, 0) is 18.9 Å². The van der Waals surface area contributed by atoms with E-state index < -0.39 is 0 Å². The van der Waals surface area contributed by atoms with Gasteiger partial charge in [0.05, 0.1) is 0 Å². The van der Waals surface area contributed by atoms with Gasteiger partial charge < -0.3 is 10.2 Å². The molecule has 2 heterocycles. The Morgan fingerprint density at radius 3 is 2.87 bits per heavy atom. The Balaban J connectivity index is 2.16. The Kier molecular flexibility index (Phi) is 3.16. The van der Waals surface area contributed by atoms with Crippen LogP contribution in [0.5, 0.6) is 0 Å². The number of aryl methyl sites for hydroxylation is 1. The van der Waals surface area contributed by atoms with E-state index in [1.165, 1.54) is 0 Å². The Bertz CT molecular complexity index is 309. The predicted molar refractivity (Wildman–Crippen MR) is 61.1 cm³/mol. The average Bonchev–Trinajstić information content (AvgIpc) is 2.30. The summed E-state index contributed by atoms with van der Waals surface area (Å²) in [5, 5.41) is 3.40. The van der Waals surface area contributed by atoms with Crippen LogP contribution >= 0.6 is 0 Å². The number of nitrogens with one attached hydrogen (secondary N) is 1. The van der Waals surface area contributed by atoms with Gasteiger partial charge in [0.2, 0.25) is 5.95 Å². The van der Waals surface area contributed by atoms with Gasteiger partial charge in [0.15, 0.2) is 0 Å². The summed E-state index contributed by atoms with van der Waals surface area (Å²) in [5.41, 5.74) is 1.11. The normalized spacial score (nSPS) is 21.7. The molecule has 0 amide bonds. The minimum atomic E-state index is 0.529. The lowest BCUT2D eigenvalue weighted by Crippen LogP contribution is -2.51. The Hall–Kier alpha value is -1.16. The maximum Gasteiger partial charge on any atom is 0.225 e. The average molecular weight is 206 g/mol. The van der Waals surface area contributed by atoms with Crippen molar-refractivity contribution in [1.82, 2.24) is 15.3 Å². The minimum absolute atomic E-state index is 0.529. The standard InChI is InChI=1S/C11H18N4/c1-3-10-8-12-4-5-15(10)11-13-6-9(2)7-14-11/h6-7,10,12H,3-5,8H2,1-2H3. The van der Waals surface area contributed by atoms with Crippen molar-refractivity contribution in [2.24, 2.45) is 0 Å². The van der Waals surface area contributed by atoms with Crippen molar-refractivity contribution in [3.8, 4) is 0 Å². The maximum atomic E-state index is 4.39. The van der Waals surface area contributed by atoms with Gasteiger partial charge in [-0.25, -0.2) is 9.97 Å². The molecule has 1 aliphatic heterocycles. The van der Waals surface area contributed by atoms with Gasteiger partial charge in [-0.3, -0.25) is 0 Å². The van der Waals surface area contributed by atoms with E-state index in [0.29, 0.717) is 6.04 Å². The molecule has 1 unspecified atom stereocenters. The molecule has 1 aliphatic rings. The lowest BCUT2D eigenvalue weighted by atomic mass is 10.1. The van der Waals surface area contributed by atoms with Gasteiger partial charge >= 0.3 is 0 Å². The largest absolute Gasteiger partial charge is 0.335 e. The Labute approximate surface area is 90.7 Å². The molecule has 1 N–H and O–H groups in total. The first kappa shape index (κ1) is 10.4. The molecule has 0 aromatic carbocycles. The zero-order valence-electron chi connectivity index (χ0n) is 9.40. The van der Waals surface area contributed by atoms with Crippen molar-refractivity contribution in [2.75, 3.05) is 24.5 Å². The first-order valence-electron chi connectivity index (χ1n) is 5.57. The Morgan fingerprint density at radius 2 is 2.20 bits per heavy atom. The van der Waals surface area contributed by atoms with Crippen LogP contribution in [0.1, 0.15) is 18.9 Å². The summed E-state index contributed by atoms with van der Waals surface area (Å²) in [6.45, 7) is 7.28. The summed E-state index contributed by atoms with van der Waals surface area (Å²) in [6, 6.07) is 0.529. The number of nitrogens with zero attached hydrogens (tertiary/aromatic N) is 3. The van der Waals surface area contributed by atoms with Crippen molar-refractivity contribution in [3.63, 3.8) is 0 Å². The molecule has 1 fully saturated rings. The fraction of sp³-hybridized carbons (Fsp3) is 0.636. The summed E-state index contributed by atoms with van der Waals surface area (Å²) in [5.74, 6) is 0.869. The molecule has 15 heavy (non-hydrogen) atoms. The molecule has 1 aromatic rings. The Morgan fingerprint density at radius 1 is 1.47 bits per heavy atom. The number of rotatable bonds is 2. The second kappa shape index (κ2) is 4.57. The molecule has 1 aromatic heterocycles. The molecule has 0 spiro atoms. The quantitative estimate of drug-likeness (QED) is 0.783. The van der Waals surface area contributed by atoms with Crippen LogP contribution in [0.25, 0.3) is 0 Å². The van der Waals surface area contributed by atoms with Crippen molar-refractivity contribution < 1.29 is 0 Å². The van der Waals surface area contributed by atoms with Gasteiger partial charge in [-0.15, -0.1) is 0 Å². The molecule has 0 saturated carbocycles. The fourth-order valence-electron chi connectivity index (χ4n) is 1.92. The smallest absolute Gasteiger partial charge is 0.225 e. The van der Waals surface area contributed by atoms with Crippen molar-refractivity contribution in [2.45, 2.75) is 26.3 Å². The molecule has 1 atom stereocenters. The molecule has 82 valence electrons. The molecular formula is C11H18N4. The summed E-state index contributed by atoms with van der Waals surface area (Å²) < 4.78 is 0. The first-order chi connectivity index (χ1) is 7.31. The van der Waals surface area contributed by atoms with Crippen LogP contribution in [-0.2, 0) is 0 Å². The highest BCUT2D eigenvalue weighted by molar-refractivity contribution is 5.32. The van der Waals surface area contributed by atoms with Crippen molar-refractivity contribution in [3.05, 3.63) is 18.0 Å². The zero-order valence-corrected chi connectivity index (χ0v) is 9.40. The van der Waals surface area contributed by atoms with Crippen LogP contribution in [-0.4, -0.2) is 35.6 Å². The van der Waals surface area contributed by atoms with Gasteiger partial charge in [-0.1, -0.05) is 6.92 Å². The second-order valence-electron chi connectivity index (χ2n) is 4.02. The monoisotopic (exact) mass is 206 g/mol. The van der Waals surface area contributed by atoms with E-state index in [2.05, 4.69) is 27.1 Å². The van der Waals surface area contributed by atoms with Gasteiger partial charge in [0.1, 0.15) is 0 Å². The van der Waals surface area contributed by atoms with E-state index in [-0.39, 0.29) is 0 Å². The molecule has 4 nitrogen and oxygen atoms in total. The minimum Gasteiger partial charge on any atom is -0.335 e. The first-order valence-corrected chi connectivity index (χ1v) is 5.57. The highest BCUT2D eigenvalue weighted by Crippen LogP contribution is 2.14. The molecule has 0 aliphatic carbocycles. The second-order valence-corrected chi connectivity index (χ2v) is 4.02. The number of piperazine rings is 1. The summed E-state index contributed by atoms with van der Waals surface area (Å²) >= 11 is 0. The molecule has 2 rings (SSSR count). The van der Waals surface area contributed by atoms with E-state index in [1.54, 1.807) is 0 Å². The van der Waals surface area contributed by atoms with Crippen LogP contribution in [0.4, 0.5) is 5.95 Å². The molecule has 0 bridgehead atoms. The third-order valence-electron chi connectivity index (χ3n) is 2.85. The lowest BCUT2D eigenvalue weighted by Gasteiger charge is -2.35. The lowest BCUT2D eigenvalue weighted by molar-refractivity contribution is 0.459. The third-order valence-corrected chi connectivity index (χ3v) is 2.85. The summed E-state index contributed by atoms with van der Waals surface area (Å²) in [7, 11) is 0. The highest BCUT2D eigenvalue weighted by atomic mass is 15.3. The van der Waals surface area contributed by atoms with E-state index in [1.807, 2.05) is 19.3 Å². The van der Waals surface area contributed by atoms with Crippen molar-refractivity contribution in [1.29, 1.82) is 0 Å². The van der Waals surface area contributed by atoms with Crippen LogP contribution in [0.2, 0.25) is 0 Å². The summed E-state index contributed by atoms with van der Waals surface area (Å²) in [4.78, 5) is 11.1. The van der Waals surface area contributed by atoms with E-state index in [4.69, 9.17) is 0 Å². The number of hydrogen-bond acceptors (Lipinski definition) is 4. The van der Waals surface area contributed by atoms with Crippen LogP contribution < -0.4 is 10.2 Å². The topological polar surface area (TPSA) is 41.0 Å². The molecule has 4 heteroatoms. The highest BCUT2D eigenvalue weighted by Gasteiger charge is 2.22. The van der Waals surface area contributed by atoms with Gasteiger partial charge in [0.25, 0.3) is 0 Å². The SMILES string of the molecule is CCC1CNCCN1c1ncc(C)cn1. The van der Waals surface area contributed by atoms with Crippen LogP contribution in [0.3, 0.4) is 0 Å².